The van der Waals surface area contributed by atoms with Crippen molar-refractivity contribution in [2.45, 2.75) is 19.9 Å². The van der Waals surface area contributed by atoms with Gasteiger partial charge in [-0.1, -0.05) is 36.4 Å². The summed E-state index contributed by atoms with van der Waals surface area (Å²) in [4.78, 5) is 6.80. The molecule has 0 radical (unpaired) electrons. The van der Waals surface area contributed by atoms with Crippen LogP contribution in [0.25, 0.3) is 5.65 Å². The second kappa shape index (κ2) is 7.40. The molecule has 0 unspecified atom stereocenters. The standard InChI is InChI=1S/C19H23N3O/c1-16-6-5-10-22-18(14-20-19(16)22)15-21(12-13-23)11-9-17-7-3-2-4-8-17/h2-8,10,14,23H,9,11-13,15H2,1H3. The van der Waals surface area contributed by atoms with E-state index < -0.39 is 0 Å². The Morgan fingerprint density at radius 1 is 1.09 bits per heavy atom. The van der Waals surface area contributed by atoms with Gasteiger partial charge in [0.1, 0.15) is 5.65 Å². The van der Waals surface area contributed by atoms with Crippen LogP contribution in [0.2, 0.25) is 0 Å². The van der Waals surface area contributed by atoms with E-state index in [9.17, 15) is 5.11 Å². The molecule has 4 heteroatoms. The Kier molecular flexibility index (Phi) is 5.05. The first-order chi connectivity index (χ1) is 11.3. The van der Waals surface area contributed by atoms with Crippen molar-refractivity contribution in [2.24, 2.45) is 0 Å². The van der Waals surface area contributed by atoms with Crippen LogP contribution in [0.15, 0.2) is 54.9 Å². The Balaban J connectivity index is 1.72. The molecule has 0 saturated heterocycles. The van der Waals surface area contributed by atoms with E-state index in [4.69, 9.17) is 0 Å². The van der Waals surface area contributed by atoms with E-state index in [2.05, 4.69) is 57.7 Å². The maximum Gasteiger partial charge on any atom is 0.139 e. The minimum Gasteiger partial charge on any atom is -0.395 e. The van der Waals surface area contributed by atoms with Crippen molar-refractivity contribution in [1.82, 2.24) is 14.3 Å². The molecular formula is C19H23N3O. The van der Waals surface area contributed by atoms with Gasteiger partial charge >= 0.3 is 0 Å². The van der Waals surface area contributed by atoms with Crippen molar-refractivity contribution in [3.63, 3.8) is 0 Å². The first-order valence-corrected chi connectivity index (χ1v) is 8.06. The number of aromatic nitrogens is 2. The topological polar surface area (TPSA) is 40.8 Å². The Hall–Kier alpha value is -2.17. The molecule has 1 aromatic carbocycles. The van der Waals surface area contributed by atoms with Crippen LogP contribution in [0.4, 0.5) is 0 Å². The van der Waals surface area contributed by atoms with Crippen molar-refractivity contribution in [1.29, 1.82) is 0 Å². The number of aliphatic hydroxyl groups is 1. The molecule has 3 aromatic rings. The molecule has 2 heterocycles. The minimum atomic E-state index is 0.171. The molecule has 1 N–H and O–H groups in total. The van der Waals surface area contributed by atoms with Gasteiger partial charge in [-0.15, -0.1) is 0 Å². The molecule has 2 aromatic heterocycles. The molecule has 23 heavy (non-hydrogen) atoms. The molecule has 3 rings (SSSR count). The van der Waals surface area contributed by atoms with Crippen molar-refractivity contribution in [3.8, 4) is 0 Å². The summed E-state index contributed by atoms with van der Waals surface area (Å²) in [6.45, 7) is 4.63. The highest BCUT2D eigenvalue weighted by Gasteiger charge is 2.10. The minimum absolute atomic E-state index is 0.171. The van der Waals surface area contributed by atoms with Gasteiger partial charge in [0.15, 0.2) is 0 Å². The Morgan fingerprint density at radius 2 is 1.91 bits per heavy atom. The van der Waals surface area contributed by atoms with Crippen LogP contribution in [-0.4, -0.2) is 39.1 Å². The second-order valence-electron chi connectivity index (χ2n) is 5.87. The van der Waals surface area contributed by atoms with Crippen LogP contribution < -0.4 is 0 Å². The van der Waals surface area contributed by atoms with Gasteiger partial charge in [0.25, 0.3) is 0 Å². The van der Waals surface area contributed by atoms with Crippen LogP contribution in [-0.2, 0) is 13.0 Å². The highest BCUT2D eigenvalue weighted by Crippen LogP contribution is 2.13. The van der Waals surface area contributed by atoms with E-state index in [0.29, 0.717) is 6.54 Å². The monoisotopic (exact) mass is 309 g/mol. The Labute approximate surface area is 137 Å². The quantitative estimate of drug-likeness (QED) is 0.729. The third-order valence-electron chi connectivity index (χ3n) is 4.17. The van der Waals surface area contributed by atoms with Gasteiger partial charge in [0, 0.05) is 25.8 Å². The maximum absolute atomic E-state index is 9.36. The maximum atomic E-state index is 9.36. The summed E-state index contributed by atoms with van der Waals surface area (Å²) in [6, 6.07) is 14.6. The van der Waals surface area contributed by atoms with E-state index in [0.717, 1.165) is 30.9 Å². The zero-order chi connectivity index (χ0) is 16.1. The van der Waals surface area contributed by atoms with Gasteiger partial charge < -0.3 is 9.51 Å². The van der Waals surface area contributed by atoms with Crippen molar-refractivity contribution in [2.75, 3.05) is 19.7 Å². The Bertz CT molecular complexity index is 752. The predicted molar refractivity (Wildman–Crippen MR) is 92.4 cm³/mol. The molecule has 0 atom stereocenters. The van der Waals surface area contributed by atoms with Crippen LogP contribution >= 0.6 is 0 Å². The lowest BCUT2D eigenvalue weighted by Crippen LogP contribution is -2.29. The molecule has 0 saturated carbocycles. The number of hydrogen-bond acceptors (Lipinski definition) is 3. The van der Waals surface area contributed by atoms with Crippen molar-refractivity contribution >= 4 is 5.65 Å². The lowest BCUT2D eigenvalue weighted by molar-refractivity contribution is 0.190. The number of pyridine rings is 1. The molecule has 0 aliphatic rings. The third kappa shape index (κ3) is 3.78. The van der Waals surface area contributed by atoms with E-state index >= 15 is 0 Å². The zero-order valence-electron chi connectivity index (χ0n) is 13.5. The highest BCUT2D eigenvalue weighted by molar-refractivity contribution is 5.48. The largest absolute Gasteiger partial charge is 0.395 e. The number of hydrogen-bond donors (Lipinski definition) is 1. The van der Waals surface area contributed by atoms with E-state index in [-0.39, 0.29) is 6.61 Å². The van der Waals surface area contributed by atoms with Gasteiger partial charge in [-0.3, -0.25) is 4.90 Å². The van der Waals surface area contributed by atoms with Gasteiger partial charge in [-0.2, -0.15) is 0 Å². The predicted octanol–water partition coefficient (Wildman–Crippen LogP) is 2.68. The first-order valence-electron chi connectivity index (χ1n) is 8.06. The number of aliphatic hydroxyl groups excluding tert-OH is 1. The van der Waals surface area contributed by atoms with Gasteiger partial charge in [-0.25, -0.2) is 4.98 Å². The Morgan fingerprint density at radius 3 is 2.70 bits per heavy atom. The third-order valence-corrected chi connectivity index (χ3v) is 4.17. The smallest absolute Gasteiger partial charge is 0.139 e. The molecule has 4 nitrogen and oxygen atoms in total. The summed E-state index contributed by atoms with van der Waals surface area (Å²) in [7, 11) is 0. The zero-order valence-corrected chi connectivity index (χ0v) is 13.5. The number of fused-ring (bicyclic) bond motifs is 1. The van der Waals surface area contributed by atoms with Crippen molar-refractivity contribution < 1.29 is 5.11 Å². The average molecular weight is 309 g/mol. The van der Waals surface area contributed by atoms with E-state index in [1.807, 2.05) is 18.3 Å². The van der Waals surface area contributed by atoms with Crippen molar-refractivity contribution in [3.05, 3.63) is 71.7 Å². The SMILES string of the molecule is Cc1cccn2c(CN(CCO)CCc3ccccc3)cnc12. The summed E-state index contributed by atoms with van der Waals surface area (Å²) in [5, 5.41) is 9.36. The molecule has 0 aliphatic carbocycles. The van der Waals surface area contributed by atoms with Crippen LogP contribution in [0.1, 0.15) is 16.8 Å². The summed E-state index contributed by atoms with van der Waals surface area (Å²) < 4.78 is 2.14. The number of nitrogens with zero attached hydrogens (tertiary/aromatic N) is 3. The summed E-state index contributed by atoms with van der Waals surface area (Å²) in [5.74, 6) is 0. The van der Waals surface area contributed by atoms with Gasteiger partial charge in [0.05, 0.1) is 18.5 Å². The first kappa shape index (κ1) is 15.7. The highest BCUT2D eigenvalue weighted by atomic mass is 16.3. The number of benzene rings is 1. The molecule has 0 bridgehead atoms. The second-order valence-corrected chi connectivity index (χ2v) is 5.87. The summed E-state index contributed by atoms with van der Waals surface area (Å²) in [6.07, 6.45) is 4.98. The summed E-state index contributed by atoms with van der Waals surface area (Å²) in [5.41, 5.74) is 4.67. The normalized spacial score (nSPS) is 11.4. The van der Waals surface area contributed by atoms with Gasteiger partial charge in [-0.05, 0) is 30.5 Å². The van der Waals surface area contributed by atoms with E-state index in [1.165, 1.54) is 11.1 Å². The summed E-state index contributed by atoms with van der Waals surface area (Å²) >= 11 is 0. The fourth-order valence-electron chi connectivity index (χ4n) is 2.89. The average Bonchev–Trinajstić information content (AvgIpc) is 2.98. The fraction of sp³-hybridized carbons (Fsp3) is 0.316. The molecular weight excluding hydrogens is 286 g/mol. The van der Waals surface area contributed by atoms with Crippen LogP contribution in [0.5, 0.6) is 0 Å². The number of rotatable bonds is 7. The fourth-order valence-corrected chi connectivity index (χ4v) is 2.89. The number of imidazole rings is 1. The molecule has 0 amide bonds. The van der Waals surface area contributed by atoms with Crippen LogP contribution in [0, 0.1) is 6.92 Å². The molecule has 0 spiro atoms. The lowest BCUT2D eigenvalue weighted by Gasteiger charge is -2.21. The molecule has 0 fully saturated rings. The molecule has 120 valence electrons. The lowest BCUT2D eigenvalue weighted by atomic mass is 10.1. The van der Waals surface area contributed by atoms with E-state index in [1.54, 1.807) is 0 Å². The van der Waals surface area contributed by atoms with Crippen LogP contribution in [0.3, 0.4) is 0 Å². The number of aryl methyl sites for hydroxylation is 1. The molecule has 0 aliphatic heterocycles. The van der Waals surface area contributed by atoms with Gasteiger partial charge in [0.2, 0.25) is 0 Å².